The quantitative estimate of drug-likeness (QED) is 0.878. The molecule has 3 heteroatoms. The molecule has 0 aliphatic carbocycles. The second-order valence-corrected chi connectivity index (χ2v) is 5.24. The van der Waals surface area contributed by atoms with Gasteiger partial charge in [-0.1, -0.05) is 48.0 Å². The summed E-state index contributed by atoms with van der Waals surface area (Å²) in [5.41, 5.74) is 8.51. The summed E-state index contributed by atoms with van der Waals surface area (Å²) in [6.45, 7) is 4.11. The number of rotatable bonds is 5. The molecule has 2 rings (SSSR count). The zero-order chi connectivity index (χ0) is 14.6. The minimum absolute atomic E-state index is 0.165. The smallest absolute Gasteiger partial charge is 0.122 e. The molecule has 0 bridgehead atoms. The van der Waals surface area contributed by atoms with E-state index >= 15 is 0 Å². The summed E-state index contributed by atoms with van der Waals surface area (Å²) in [5.74, 6) is 0.801. The molecule has 0 aromatic heterocycles. The highest BCUT2D eigenvalue weighted by molar-refractivity contribution is 5.36. The van der Waals surface area contributed by atoms with E-state index in [0.717, 1.165) is 16.9 Å². The molecular weight excluding hydrogens is 250 g/mol. The van der Waals surface area contributed by atoms with Crippen LogP contribution >= 0.6 is 0 Å². The van der Waals surface area contributed by atoms with Crippen LogP contribution in [-0.4, -0.2) is 18.3 Å². The van der Waals surface area contributed by atoms with E-state index in [1.165, 1.54) is 5.56 Å². The van der Waals surface area contributed by atoms with E-state index in [0.29, 0.717) is 0 Å². The molecule has 106 valence electrons. The highest BCUT2D eigenvalue weighted by atomic mass is 16.5. The Morgan fingerprint density at radius 3 is 2.40 bits per heavy atom. The molecule has 3 N–H and O–H groups in total. The maximum Gasteiger partial charge on any atom is 0.122 e. The first-order chi connectivity index (χ1) is 9.55. The summed E-state index contributed by atoms with van der Waals surface area (Å²) in [5, 5.41) is 9.63. The van der Waals surface area contributed by atoms with E-state index in [2.05, 4.69) is 6.07 Å². The number of aryl methyl sites for hydroxylation is 2. The maximum atomic E-state index is 9.63. The van der Waals surface area contributed by atoms with Gasteiger partial charge in [-0.05, 0) is 31.0 Å². The molecule has 0 amide bonds. The summed E-state index contributed by atoms with van der Waals surface area (Å²) in [6.07, 6.45) is 0. The molecule has 0 saturated heterocycles. The molecular formula is C17H21NO2. The molecule has 0 aliphatic rings. The summed E-state index contributed by atoms with van der Waals surface area (Å²) in [4.78, 5) is 0. The molecule has 0 fully saturated rings. The SMILES string of the molecule is Cc1ccc(OCC(N)(CO)c2ccccc2)c(C)c1. The maximum absolute atomic E-state index is 9.63. The van der Waals surface area contributed by atoms with Gasteiger partial charge in [0, 0.05) is 0 Å². The van der Waals surface area contributed by atoms with Crippen LogP contribution in [0.3, 0.4) is 0 Å². The fourth-order valence-electron chi connectivity index (χ4n) is 2.16. The molecule has 0 saturated carbocycles. The Kier molecular flexibility index (Phi) is 4.42. The number of aliphatic hydroxyl groups is 1. The van der Waals surface area contributed by atoms with Crippen LogP contribution in [0.4, 0.5) is 0 Å². The van der Waals surface area contributed by atoms with Crippen molar-refractivity contribution in [2.45, 2.75) is 19.4 Å². The summed E-state index contributed by atoms with van der Waals surface area (Å²) in [6, 6.07) is 15.5. The lowest BCUT2D eigenvalue weighted by Crippen LogP contribution is -2.46. The Labute approximate surface area is 120 Å². The normalized spacial score (nSPS) is 13.8. The molecule has 20 heavy (non-hydrogen) atoms. The number of nitrogens with two attached hydrogens (primary N) is 1. The van der Waals surface area contributed by atoms with Crippen LogP contribution in [-0.2, 0) is 5.54 Å². The first-order valence-electron chi connectivity index (χ1n) is 6.70. The average molecular weight is 271 g/mol. The second kappa shape index (κ2) is 6.07. The lowest BCUT2D eigenvalue weighted by Gasteiger charge is -2.28. The van der Waals surface area contributed by atoms with Gasteiger partial charge in [-0.3, -0.25) is 0 Å². The topological polar surface area (TPSA) is 55.5 Å². The third-order valence-corrected chi connectivity index (χ3v) is 3.45. The fourth-order valence-corrected chi connectivity index (χ4v) is 2.16. The van der Waals surface area contributed by atoms with Crippen molar-refractivity contribution < 1.29 is 9.84 Å². The van der Waals surface area contributed by atoms with E-state index in [1.807, 2.05) is 56.3 Å². The van der Waals surface area contributed by atoms with Crippen LogP contribution in [0.15, 0.2) is 48.5 Å². The van der Waals surface area contributed by atoms with Gasteiger partial charge < -0.3 is 15.6 Å². The number of aliphatic hydroxyl groups excluding tert-OH is 1. The van der Waals surface area contributed by atoms with Gasteiger partial charge in [0.25, 0.3) is 0 Å². The first kappa shape index (κ1) is 14.6. The first-order valence-corrected chi connectivity index (χ1v) is 6.70. The minimum atomic E-state index is -0.890. The van der Waals surface area contributed by atoms with Gasteiger partial charge in [0.15, 0.2) is 0 Å². The largest absolute Gasteiger partial charge is 0.491 e. The average Bonchev–Trinajstić information content (AvgIpc) is 2.47. The fraction of sp³-hybridized carbons (Fsp3) is 0.294. The summed E-state index contributed by atoms with van der Waals surface area (Å²) < 4.78 is 5.82. The Morgan fingerprint density at radius 2 is 1.80 bits per heavy atom. The molecule has 1 atom stereocenters. The summed E-state index contributed by atoms with van der Waals surface area (Å²) >= 11 is 0. The van der Waals surface area contributed by atoms with Crippen LogP contribution in [0.5, 0.6) is 5.75 Å². The number of hydrogen-bond donors (Lipinski definition) is 2. The van der Waals surface area contributed by atoms with E-state index in [4.69, 9.17) is 10.5 Å². The van der Waals surface area contributed by atoms with Gasteiger partial charge in [-0.25, -0.2) is 0 Å². The number of hydrogen-bond acceptors (Lipinski definition) is 3. The second-order valence-electron chi connectivity index (χ2n) is 5.24. The van der Waals surface area contributed by atoms with Gasteiger partial charge in [-0.15, -0.1) is 0 Å². The van der Waals surface area contributed by atoms with Crippen LogP contribution in [0.1, 0.15) is 16.7 Å². The molecule has 2 aromatic rings. The summed E-state index contributed by atoms with van der Waals surface area (Å²) in [7, 11) is 0. The zero-order valence-corrected chi connectivity index (χ0v) is 12.0. The third-order valence-electron chi connectivity index (χ3n) is 3.45. The Balaban J connectivity index is 2.15. The van der Waals surface area contributed by atoms with Gasteiger partial charge >= 0.3 is 0 Å². The van der Waals surface area contributed by atoms with Crippen LogP contribution in [0, 0.1) is 13.8 Å². The van der Waals surface area contributed by atoms with Crippen LogP contribution < -0.4 is 10.5 Å². The third kappa shape index (κ3) is 3.18. The van der Waals surface area contributed by atoms with E-state index in [9.17, 15) is 5.11 Å². The van der Waals surface area contributed by atoms with E-state index in [1.54, 1.807) is 0 Å². The lowest BCUT2D eigenvalue weighted by molar-refractivity contribution is 0.132. The van der Waals surface area contributed by atoms with Crippen molar-refractivity contribution in [1.29, 1.82) is 0 Å². The minimum Gasteiger partial charge on any atom is -0.491 e. The van der Waals surface area contributed by atoms with E-state index in [-0.39, 0.29) is 13.2 Å². The lowest BCUT2D eigenvalue weighted by atomic mass is 9.93. The van der Waals surface area contributed by atoms with Crippen molar-refractivity contribution in [3.05, 3.63) is 65.2 Å². The van der Waals surface area contributed by atoms with Gasteiger partial charge in [0.2, 0.25) is 0 Å². The number of benzene rings is 2. The van der Waals surface area contributed by atoms with Crippen molar-refractivity contribution in [3.8, 4) is 5.75 Å². The Morgan fingerprint density at radius 1 is 1.10 bits per heavy atom. The van der Waals surface area contributed by atoms with Gasteiger partial charge in [-0.2, -0.15) is 0 Å². The zero-order valence-electron chi connectivity index (χ0n) is 12.0. The monoisotopic (exact) mass is 271 g/mol. The van der Waals surface area contributed by atoms with Crippen molar-refractivity contribution in [2.24, 2.45) is 5.73 Å². The Hall–Kier alpha value is -1.84. The predicted octanol–water partition coefficient (Wildman–Crippen LogP) is 2.53. The molecule has 0 aliphatic heterocycles. The van der Waals surface area contributed by atoms with Crippen molar-refractivity contribution in [3.63, 3.8) is 0 Å². The molecule has 0 heterocycles. The molecule has 0 spiro atoms. The standard InChI is InChI=1S/C17H21NO2/c1-13-8-9-16(14(2)10-13)20-12-17(18,11-19)15-6-4-3-5-7-15/h3-10,19H,11-12,18H2,1-2H3. The van der Waals surface area contributed by atoms with Gasteiger partial charge in [0.05, 0.1) is 12.1 Å². The molecule has 1 unspecified atom stereocenters. The number of ether oxygens (including phenoxy) is 1. The van der Waals surface area contributed by atoms with E-state index < -0.39 is 5.54 Å². The predicted molar refractivity (Wildman–Crippen MR) is 80.8 cm³/mol. The molecule has 3 nitrogen and oxygen atoms in total. The molecule has 0 radical (unpaired) electrons. The van der Waals surface area contributed by atoms with Crippen molar-refractivity contribution >= 4 is 0 Å². The highest BCUT2D eigenvalue weighted by Gasteiger charge is 2.27. The van der Waals surface area contributed by atoms with Crippen LogP contribution in [0.2, 0.25) is 0 Å². The molecule has 2 aromatic carbocycles. The van der Waals surface area contributed by atoms with Gasteiger partial charge in [0.1, 0.15) is 12.4 Å². The Bertz CT molecular complexity index is 568. The highest BCUT2D eigenvalue weighted by Crippen LogP contribution is 2.23. The van der Waals surface area contributed by atoms with Crippen LogP contribution in [0.25, 0.3) is 0 Å². The van der Waals surface area contributed by atoms with Crippen molar-refractivity contribution in [1.82, 2.24) is 0 Å². The van der Waals surface area contributed by atoms with Crippen molar-refractivity contribution in [2.75, 3.05) is 13.2 Å².